The predicted octanol–water partition coefficient (Wildman–Crippen LogP) is 3.38. The van der Waals surface area contributed by atoms with Crippen LogP contribution in [-0.4, -0.2) is 129 Å². The maximum absolute atomic E-state index is 12.1. The van der Waals surface area contributed by atoms with E-state index in [0.29, 0.717) is 13.0 Å². The van der Waals surface area contributed by atoms with Crippen molar-refractivity contribution in [1.29, 1.82) is 0 Å². The Morgan fingerprint density at radius 3 is 2.16 bits per heavy atom. The fourth-order valence-electron chi connectivity index (χ4n) is 14.6. The first-order valence-corrected chi connectivity index (χ1v) is 21.7. The smallest absolute Gasteiger partial charge is 0.303 e. The molecule has 0 aromatic rings. The van der Waals surface area contributed by atoms with Crippen LogP contribution in [0.25, 0.3) is 0 Å². The zero-order valence-electron chi connectivity index (χ0n) is 35.4. The van der Waals surface area contributed by atoms with Gasteiger partial charge < -0.3 is 59.1 Å². The van der Waals surface area contributed by atoms with Crippen LogP contribution in [0, 0.1) is 50.2 Å². The Kier molecular flexibility index (Phi) is 10.3. The molecule has 5 aliphatic carbocycles. The van der Waals surface area contributed by atoms with Crippen LogP contribution in [0.5, 0.6) is 0 Å². The highest BCUT2D eigenvalue weighted by atomic mass is 16.7. The number of hydrogen-bond donors (Lipinski definition) is 6. The molecule has 0 radical (unpaired) electrons. The molecular formula is C44H70O13. The van der Waals surface area contributed by atoms with Crippen molar-refractivity contribution in [1.82, 2.24) is 0 Å². The molecule has 0 aromatic heterocycles. The SMILES string of the molecule is CC(=O)OC1C(O)C(CO)OC(OC2C(O)C(C)OC(OC3CCC4(C)C(CCC5(C)C4C=CC46OCC7(CCC(C)(C)CC74)C(O)CC56C)C3(C)C)C2O)C1O. The van der Waals surface area contributed by atoms with Crippen LogP contribution in [0.15, 0.2) is 12.2 Å². The molecular weight excluding hydrogens is 736 g/mol. The highest BCUT2D eigenvalue weighted by Gasteiger charge is 2.79. The molecule has 3 heterocycles. The number of esters is 1. The fraction of sp³-hybridized carbons (Fsp3) is 0.932. The van der Waals surface area contributed by atoms with E-state index in [-0.39, 0.29) is 56.3 Å². The minimum atomic E-state index is -1.68. The Bertz CT molecular complexity index is 1590. The summed E-state index contributed by atoms with van der Waals surface area (Å²) in [5.41, 5.74) is -1.17. The van der Waals surface area contributed by atoms with E-state index < -0.39 is 85.7 Å². The first kappa shape index (κ1) is 42.5. The van der Waals surface area contributed by atoms with Crippen molar-refractivity contribution in [3.05, 3.63) is 12.2 Å². The zero-order valence-corrected chi connectivity index (χ0v) is 35.4. The van der Waals surface area contributed by atoms with E-state index >= 15 is 0 Å². The lowest BCUT2D eigenvalue weighted by Crippen LogP contribution is -2.72. The molecule has 3 aliphatic heterocycles. The van der Waals surface area contributed by atoms with Gasteiger partial charge in [-0.2, -0.15) is 0 Å². The Morgan fingerprint density at radius 1 is 0.789 bits per heavy atom. The van der Waals surface area contributed by atoms with Gasteiger partial charge in [0, 0.05) is 23.7 Å². The molecule has 13 nitrogen and oxygen atoms in total. The third-order valence-electron chi connectivity index (χ3n) is 18.1. The maximum atomic E-state index is 12.1. The summed E-state index contributed by atoms with van der Waals surface area (Å²) in [5, 5.41) is 66.5. The van der Waals surface area contributed by atoms with E-state index in [1.54, 1.807) is 6.92 Å². The lowest BCUT2D eigenvalue weighted by atomic mass is 9.32. The lowest BCUT2D eigenvalue weighted by molar-refractivity contribution is -0.366. The van der Waals surface area contributed by atoms with Gasteiger partial charge in [-0.3, -0.25) is 4.79 Å². The minimum absolute atomic E-state index is 0.0800. The number of carbonyl (C=O) groups is 1. The van der Waals surface area contributed by atoms with Crippen LogP contribution < -0.4 is 0 Å². The molecule has 3 saturated heterocycles. The van der Waals surface area contributed by atoms with E-state index in [9.17, 15) is 35.4 Å². The second-order valence-corrected chi connectivity index (χ2v) is 21.7. The van der Waals surface area contributed by atoms with Crippen LogP contribution in [0.1, 0.15) is 114 Å². The standard InChI is InChI=1S/C44H70O13/c1-22-30(48)34(57-37-33(51)35(54-23(2)46)31(49)24(20-45)55-37)32(50)36(53-22)56-29-12-13-40(7)25(39(29,5)6)10-14-41(8)26(40)11-15-44-27-18-38(3,4)16-17-43(27,21-52-44)28(47)19-42(41,44)9/h11,15,22,24-37,45,47-51H,10,12-14,16-21H2,1-9H3. The molecule has 57 heavy (non-hydrogen) atoms. The Labute approximate surface area is 337 Å². The van der Waals surface area contributed by atoms with Gasteiger partial charge in [0.15, 0.2) is 18.7 Å². The summed E-state index contributed by atoms with van der Waals surface area (Å²) < 4.78 is 36.8. The van der Waals surface area contributed by atoms with Gasteiger partial charge in [0.1, 0.15) is 36.6 Å². The molecule has 0 aromatic carbocycles. The van der Waals surface area contributed by atoms with Gasteiger partial charge in [0.2, 0.25) is 0 Å². The molecule has 1 spiro atoms. The number of ether oxygens (including phenoxy) is 6. The molecule has 20 unspecified atom stereocenters. The maximum Gasteiger partial charge on any atom is 0.303 e. The Morgan fingerprint density at radius 2 is 1.47 bits per heavy atom. The van der Waals surface area contributed by atoms with Gasteiger partial charge >= 0.3 is 5.97 Å². The van der Waals surface area contributed by atoms with E-state index in [1.807, 2.05) is 0 Å². The van der Waals surface area contributed by atoms with Gasteiger partial charge in [-0.1, -0.05) is 60.6 Å². The number of hydrogen-bond acceptors (Lipinski definition) is 13. The van der Waals surface area contributed by atoms with Crippen molar-refractivity contribution < 1.29 is 63.9 Å². The number of aliphatic hydroxyl groups excluding tert-OH is 6. The molecule has 8 rings (SSSR count). The molecule has 7 fully saturated rings. The van der Waals surface area contributed by atoms with Crippen LogP contribution in [0.3, 0.4) is 0 Å². The van der Waals surface area contributed by atoms with Gasteiger partial charge in [-0.15, -0.1) is 0 Å². The number of fused-ring (bicyclic) bond motifs is 4. The monoisotopic (exact) mass is 806 g/mol. The normalized spacial score (nSPS) is 56.2. The lowest BCUT2D eigenvalue weighted by Gasteiger charge is -2.73. The van der Waals surface area contributed by atoms with Gasteiger partial charge in [-0.05, 0) is 91.8 Å². The molecule has 4 saturated carbocycles. The van der Waals surface area contributed by atoms with Crippen LogP contribution in [0.2, 0.25) is 0 Å². The van der Waals surface area contributed by atoms with Crippen molar-refractivity contribution in [3.63, 3.8) is 0 Å². The molecule has 0 amide bonds. The zero-order chi connectivity index (χ0) is 41.5. The summed E-state index contributed by atoms with van der Waals surface area (Å²) in [6.07, 6.45) is -1.98. The summed E-state index contributed by atoms with van der Waals surface area (Å²) in [6, 6.07) is 0. The van der Waals surface area contributed by atoms with Crippen molar-refractivity contribution in [3.8, 4) is 0 Å². The topological polar surface area (TPSA) is 194 Å². The van der Waals surface area contributed by atoms with E-state index in [2.05, 4.69) is 60.6 Å². The quantitative estimate of drug-likeness (QED) is 0.130. The Balaban J connectivity index is 1.02. The average Bonchev–Trinajstić information content (AvgIpc) is 3.40. The first-order chi connectivity index (χ1) is 26.5. The fourth-order valence-corrected chi connectivity index (χ4v) is 14.6. The molecule has 324 valence electrons. The van der Waals surface area contributed by atoms with Crippen LogP contribution >= 0.6 is 0 Å². The molecule has 13 heteroatoms. The second-order valence-electron chi connectivity index (χ2n) is 21.7. The third kappa shape index (κ3) is 5.90. The Hall–Kier alpha value is -1.23. The summed E-state index contributed by atoms with van der Waals surface area (Å²) >= 11 is 0. The molecule has 8 aliphatic rings. The average molecular weight is 807 g/mol. The summed E-state index contributed by atoms with van der Waals surface area (Å²) in [6.45, 7) is 19.4. The van der Waals surface area contributed by atoms with Gasteiger partial charge in [0.25, 0.3) is 0 Å². The van der Waals surface area contributed by atoms with Crippen molar-refractivity contribution in [2.45, 2.75) is 193 Å². The number of rotatable bonds is 6. The summed E-state index contributed by atoms with van der Waals surface area (Å²) in [4.78, 5) is 11.8. The number of carbonyl (C=O) groups excluding carboxylic acids is 1. The number of allylic oxidation sites excluding steroid dienone is 1. The van der Waals surface area contributed by atoms with E-state index in [4.69, 9.17) is 28.4 Å². The summed E-state index contributed by atoms with van der Waals surface area (Å²) in [7, 11) is 0. The van der Waals surface area contributed by atoms with Crippen LogP contribution in [0.4, 0.5) is 0 Å². The van der Waals surface area contributed by atoms with Gasteiger partial charge in [-0.25, -0.2) is 0 Å². The highest BCUT2D eigenvalue weighted by molar-refractivity contribution is 5.66. The van der Waals surface area contributed by atoms with E-state index in [0.717, 1.165) is 51.9 Å². The molecule has 6 N–H and O–H groups in total. The minimum Gasteiger partial charge on any atom is -0.457 e. The van der Waals surface area contributed by atoms with Crippen molar-refractivity contribution in [2.75, 3.05) is 13.2 Å². The largest absolute Gasteiger partial charge is 0.457 e. The third-order valence-corrected chi connectivity index (χ3v) is 18.1. The second kappa shape index (κ2) is 13.9. The predicted molar refractivity (Wildman–Crippen MR) is 205 cm³/mol. The van der Waals surface area contributed by atoms with Crippen molar-refractivity contribution >= 4 is 5.97 Å². The molecule has 2 bridgehead atoms. The molecule has 20 atom stereocenters. The van der Waals surface area contributed by atoms with E-state index in [1.165, 1.54) is 0 Å². The first-order valence-electron chi connectivity index (χ1n) is 21.7. The van der Waals surface area contributed by atoms with Crippen LogP contribution in [-0.2, 0) is 33.2 Å². The number of aliphatic hydroxyl groups is 6. The highest BCUT2D eigenvalue weighted by Crippen LogP contribution is 2.79. The van der Waals surface area contributed by atoms with Gasteiger partial charge in [0.05, 0.1) is 37.1 Å². The van der Waals surface area contributed by atoms with Crippen molar-refractivity contribution in [2.24, 2.45) is 50.2 Å². The summed E-state index contributed by atoms with van der Waals surface area (Å²) in [5.74, 6) is 0.0366.